The van der Waals surface area contributed by atoms with E-state index in [1.807, 2.05) is 0 Å². The van der Waals surface area contributed by atoms with E-state index in [1.165, 1.54) is 0 Å². The summed E-state index contributed by atoms with van der Waals surface area (Å²) in [7, 11) is 0. The molecule has 0 unspecified atom stereocenters. The SMILES string of the molecule is O=[N+]([O-])O.O=[N+]([O-])OCCNCCO[N+](=O)[O-]. The van der Waals surface area contributed by atoms with Crippen LogP contribution in [0.3, 0.4) is 0 Å². The van der Waals surface area contributed by atoms with Crippen molar-refractivity contribution in [3.8, 4) is 0 Å². The summed E-state index contributed by atoms with van der Waals surface area (Å²) in [6.45, 7) is 0.293. The molecule has 13 heteroatoms. The number of rotatable bonds is 8. The maximum absolute atomic E-state index is 9.62. The van der Waals surface area contributed by atoms with Crippen molar-refractivity contribution >= 4 is 0 Å². The Morgan fingerprint density at radius 3 is 1.47 bits per heavy atom. The van der Waals surface area contributed by atoms with E-state index in [1.54, 1.807) is 0 Å². The fourth-order valence-corrected chi connectivity index (χ4v) is 0.510. The Morgan fingerprint density at radius 2 is 1.24 bits per heavy atom. The van der Waals surface area contributed by atoms with Crippen molar-refractivity contribution in [2.24, 2.45) is 0 Å². The molecule has 0 aliphatic carbocycles. The summed E-state index contributed by atoms with van der Waals surface area (Å²) in [6, 6.07) is 0. The summed E-state index contributed by atoms with van der Waals surface area (Å²) in [5, 5.41) is 33.7. The van der Waals surface area contributed by atoms with Crippen LogP contribution in [-0.4, -0.2) is 46.8 Å². The minimum absolute atomic E-state index is 0.0918. The summed E-state index contributed by atoms with van der Waals surface area (Å²) in [5.41, 5.74) is 0. The van der Waals surface area contributed by atoms with Crippen LogP contribution in [0.5, 0.6) is 0 Å². The van der Waals surface area contributed by atoms with E-state index < -0.39 is 15.3 Å². The first kappa shape index (κ1) is 17.0. The third kappa shape index (κ3) is 31.7. The van der Waals surface area contributed by atoms with Crippen LogP contribution in [0.4, 0.5) is 0 Å². The first-order valence-corrected chi connectivity index (χ1v) is 3.95. The van der Waals surface area contributed by atoms with Crippen molar-refractivity contribution in [1.82, 2.24) is 5.32 Å². The number of hydrogen-bond acceptors (Lipinski definition) is 9. The van der Waals surface area contributed by atoms with Crippen molar-refractivity contribution < 1.29 is 30.1 Å². The molecule has 0 rings (SSSR count). The zero-order chi connectivity index (χ0) is 13.7. The monoisotopic (exact) mass is 258 g/mol. The van der Waals surface area contributed by atoms with Gasteiger partial charge in [0.15, 0.2) is 0 Å². The van der Waals surface area contributed by atoms with Gasteiger partial charge in [0, 0.05) is 13.1 Å². The first-order chi connectivity index (χ1) is 7.86. The molecule has 0 atom stereocenters. The Bertz CT molecular complexity index is 223. The van der Waals surface area contributed by atoms with E-state index in [0.717, 1.165) is 0 Å². The molecule has 0 bridgehead atoms. The smallest absolute Gasteiger partial charge is 0.294 e. The summed E-state index contributed by atoms with van der Waals surface area (Å²) in [4.78, 5) is 35.5. The summed E-state index contributed by atoms with van der Waals surface area (Å²) >= 11 is 0. The average Bonchev–Trinajstić information content (AvgIpc) is 2.14. The highest BCUT2D eigenvalue weighted by atomic mass is 17.0. The molecule has 0 aromatic heterocycles. The maximum atomic E-state index is 9.62. The van der Waals surface area contributed by atoms with Crippen LogP contribution in [0.1, 0.15) is 0 Å². The predicted molar refractivity (Wildman–Crippen MR) is 47.5 cm³/mol. The Morgan fingerprint density at radius 1 is 0.941 bits per heavy atom. The lowest BCUT2D eigenvalue weighted by Crippen LogP contribution is -2.25. The molecule has 0 fully saturated rings. The predicted octanol–water partition coefficient (Wildman–Crippen LogP) is -1.36. The number of nitrogens with one attached hydrogen (secondary N) is 1. The van der Waals surface area contributed by atoms with Crippen molar-refractivity contribution in [3.63, 3.8) is 0 Å². The number of hydrogen-bond donors (Lipinski definition) is 2. The third-order valence-corrected chi connectivity index (χ3v) is 0.951. The van der Waals surface area contributed by atoms with Gasteiger partial charge >= 0.3 is 0 Å². The third-order valence-electron chi connectivity index (χ3n) is 0.951. The van der Waals surface area contributed by atoms with E-state index in [9.17, 15) is 20.2 Å². The molecule has 0 aliphatic heterocycles. The molecule has 0 aliphatic rings. The number of nitrogens with zero attached hydrogens (tertiary/aromatic N) is 3. The standard InChI is InChI=1S/C4H9N3O6.HNO3/c8-6(9)12-3-1-5-2-4-13-7(10)11;2-1(3)4/h5H,1-4H2;(H,2,3,4). The lowest BCUT2D eigenvalue weighted by atomic mass is 10.6. The molecule has 0 saturated carbocycles. The van der Waals surface area contributed by atoms with E-state index in [-0.39, 0.29) is 26.3 Å². The highest BCUT2D eigenvalue weighted by molar-refractivity contribution is 4.41. The molecule has 0 spiro atoms. The summed E-state index contributed by atoms with van der Waals surface area (Å²) in [5.74, 6) is 0. The van der Waals surface area contributed by atoms with Crippen molar-refractivity contribution in [1.29, 1.82) is 0 Å². The first-order valence-electron chi connectivity index (χ1n) is 3.95. The van der Waals surface area contributed by atoms with Gasteiger partial charge in [-0.05, 0) is 0 Å². The topological polar surface area (TPSA) is 180 Å². The van der Waals surface area contributed by atoms with E-state index in [0.29, 0.717) is 0 Å². The molecule has 0 radical (unpaired) electrons. The van der Waals surface area contributed by atoms with Gasteiger partial charge in [-0.2, -0.15) is 0 Å². The molecule has 2 N–H and O–H groups in total. The van der Waals surface area contributed by atoms with Crippen LogP contribution < -0.4 is 5.32 Å². The average molecular weight is 258 g/mol. The Hall–Kier alpha value is -2.44. The molecule has 100 valence electrons. The Labute approximate surface area is 93.2 Å². The Balaban J connectivity index is 0. The van der Waals surface area contributed by atoms with Crippen LogP contribution in [0.2, 0.25) is 0 Å². The summed E-state index contributed by atoms with van der Waals surface area (Å²) in [6.07, 6.45) is 0. The van der Waals surface area contributed by atoms with Gasteiger partial charge in [0.25, 0.3) is 15.3 Å². The summed E-state index contributed by atoms with van der Waals surface area (Å²) < 4.78 is 0. The fraction of sp³-hybridized carbons (Fsp3) is 1.00. The second-order valence-corrected chi connectivity index (χ2v) is 2.10. The minimum atomic E-state index is -1.50. The van der Waals surface area contributed by atoms with Gasteiger partial charge in [-0.15, -0.1) is 30.3 Å². The van der Waals surface area contributed by atoms with E-state index in [2.05, 4.69) is 15.0 Å². The molecule has 13 nitrogen and oxygen atoms in total. The zero-order valence-electron chi connectivity index (χ0n) is 8.38. The van der Waals surface area contributed by atoms with Gasteiger partial charge in [0.1, 0.15) is 13.2 Å². The van der Waals surface area contributed by atoms with Crippen LogP contribution in [-0.2, 0) is 9.68 Å². The minimum Gasteiger partial charge on any atom is -0.328 e. The quantitative estimate of drug-likeness (QED) is 0.299. The zero-order valence-corrected chi connectivity index (χ0v) is 8.38. The second kappa shape index (κ2) is 11.6. The van der Waals surface area contributed by atoms with Crippen LogP contribution >= 0.6 is 0 Å². The fourth-order valence-electron chi connectivity index (χ4n) is 0.510. The molecule has 0 saturated heterocycles. The molecule has 0 heterocycles. The van der Waals surface area contributed by atoms with E-state index >= 15 is 0 Å². The Kier molecular flexibility index (Phi) is 11.6. The maximum Gasteiger partial charge on any atom is 0.294 e. The molecule has 0 amide bonds. The van der Waals surface area contributed by atoms with Gasteiger partial charge in [0.05, 0.1) is 0 Å². The van der Waals surface area contributed by atoms with Gasteiger partial charge in [-0.1, -0.05) is 0 Å². The second-order valence-electron chi connectivity index (χ2n) is 2.10. The van der Waals surface area contributed by atoms with Crippen molar-refractivity contribution in [2.75, 3.05) is 26.3 Å². The lowest BCUT2D eigenvalue weighted by Gasteiger charge is -2.01. The lowest BCUT2D eigenvalue weighted by molar-refractivity contribution is -0.758. The molecular formula is C4H10N4O9. The molecular weight excluding hydrogens is 248 g/mol. The molecule has 17 heavy (non-hydrogen) atoms. The van der Waals surface area contributed by atoms with Crippen LogP contribution in [0.15, 0.2) is 0 Å². The molecule has 0 aromatic rings. The van der Waals surface area contributed by atoms with Crippen LogP contribution in [0.25, 0.3) is 0 Å². The van der Waals surface area contributed by atoms with Crippen molar-refractivity contribution in [3.05, 3.63) is 30.3 Å². The van der Waals surface area contributed by atoms with Gasteiger partial charge in [-0.3, -0.25) is 0 Å². The normalized spacial score (nSPS) is 8.47. The highest BCUT2D eigenvalue weighted by Crippen LogP contribution is 1.74. The largest absolute Gasteiger partial charge is 0.328 e. The van der Waals surface area contributed by atoms with E-state index in [4.69, 9.17) is 15.3 Å². The molecule has 0 aromatic carbocycles. The highest BCUT2D eigenvalue weighted by Gasteiger charge is 1.95. The van der Waals surface area contributed by atoms with Gasteiger partial charge < -0.3 is 20.2 Å². The van der Waals surface area contributed by atoms with Crippen LogP contribution in [0, 0.1) is 30.3 Å². The van der Waals surface area contributed by atoms with Gasteiger partial charge in [-0.25, -0.2) is 0 Å². The van der Waals surface area contributed by atoms with Gasteiger partial charge in [0.2, 0.25) is 0 Å². The van der Waals surface area contributed by atoms with Crippen molar-refractivity contribution in [2.45, 2.75) is 0 Å².